The van der Waals surface area contributed by atoms with Gasteiger partial charge in [-0.05, 0) is 0 Å². The number of nitrogens with two attached hydrogens (primary N) is 1. The van der Waals surface area contributed by atoms with Gasteiger partial charge in [-0.3, -0.25) is 4.79 Å². The highest BCUT2D eigenvalue weighted by molar-refractivity contribution is 7.91. The Hall–Kier alpha value is -0.990. The van der Waals surface area contributed by atoms with Gasteiger partial charge in [0.2, 0.25) is 4.34 Å². The first kappa shape index (κ1) is 11.1. The zero-order valence-electron chi connectivity index (χ0n) is 7.35. The summed E-state index contributed by atoms with van der Waals surface area (Å²) in [6.07, 6.45) is 0. The number of aromatic nitrogens is 1. The van der Waals surface area contributed by atoms with E-state index in [0.29, 0.717) is 0 Å². The van der Waals surface area contributed by atoms with Crippen LogP contribution >= 0.6 is 11.3 Å². The van der Waals surface area contributed by atoms with Crippen molar-refractivity contribution in [3.05, 3.63) is 11.1 Å². The van der Waals surface area contributed by atoms with Crippen molar-refractivity contribution in [2.75, 3.05) is 6.54 Å². The maximum Gasteiger partial charge on any atom is 0.268 e. The molecule has 1 heterocycles. The second-order valence-corrected chi connectivity index (χ2v) is 5.16. The fourth-order valence-corrected chi connectivity index (χ4v) is 2.83. The Labute approximate surface area is 85.2 Å². The van der Waals surface area contributed by atoms with Crippen LogP contribution in [-0.2, 0) is 10.0 Å². The van der Waals surface area contributed by atoms with Crippen molar-refractivity contribution in [1.82, 2.24) is 9.71 Å². The highest BCUT2D eigenvalue weighted by Gasteiger charge is 2.18. The van der Waals surface area contributed by atoms with E-state index in [1.54, 1.807) is 6.92 Å². The SMILES string of the molecule is CCNS(=O)(=O)c1nc(C(N)=O)cs1. The first-order valence-electron chi connectivity index (χ1n) is 3.72. The molecule has 0 saturated carbocycles. The number of primary amides is 1. The summed E-state index contributed by atoms with van der Waals surface area (Å²) >= 11 is 0.862. The normalized spacial score (nSPS) is 11.5. The highest BCUT2D eigenvalue weighted by Crippen LogP contribution is 2.14. The third-order valence-electron chi connectivity index (χ3n) is 1.30. The number of hydrogen-bond donors (Lipinski definition) is 2. The van der Waals surface area contributed by atoms with Gasteiger partial charge in [0.15, 0.2) is 0 Å². The molecule has 0 saturated heterocycles. The van der Waals surface area contributed by atoms with Crippen LogP contribution in [0, 0.1) is 0 Å². The molecule has 14 heavy (non-hydrogen) atoms. The molecule has 0 bridgehead atoms. The van der Waals surface area contributed by atoms with Gasteiger partial charge in [0.1, 0.15) is 5.69 Å². The molecule has 6 nitrogen and oxygen atoms in total. The van der Waals surface area contributed by atoms with Crippen LogP contribution in [0.5, 0.6) is 0 Å². The van der Waals surface area contributed by atoms with E-state index in [2.05, 4.69) is 9.71 Å². The summed E-state index contributed by atoms with van der Waals surface area (Å²) < 4.78 is 24.8. The van der Waals surface area contributed by atoms with Crippen molar-refractivity contribution in [2.24, 2.45) is 5.73 Å². The van der Waals surface area contributed by atoms with Crippen molar-refractivity contribution in [3.8, 4) is 0 Å². The van der Waals surface area contributed by atoms with Crippen LogP contribution in [0.25, 0.3) is 0 Å². The van der Waals surface area contributed by atoms with E-state index in [4.69, 9.17) is 5.73 Å². The Morgan fingerprint density at radius 3 is 2.79 bits per heavy atom. The number of hydrogen-bond acceptors (Lipinski definition) is 5. The van der Waals surface area contributed by atoms with E-state index in [-0.39, 0.29) is 16.6 Å². The molecule has 0 fully saturated rings. The van der Waals surface area contributed by atoms with E-state index in [9.17, 15) is 13.2 Å². The standard InChI is InChI=1S/C6H9N3O3S2/c1-2-8-14(11,12)6-9-4(3-13-6)5(7)10/h3,8H,2H2,1H3,(H2,7,10). The Morgan fingerprint density at radius 2 is 2.36 bits per heavy atom. The minimum atomic E-state index is -3.57. The van der Waals surface area contributed by atoms with E-state index in [1.807, 2.05) is 0 Å². The summed E-state index contributed by atoms with van der Waals surface area (Å²) in [6.45, 7) is 1.92. The Kier molecular flexibility index (Phi) is 3.19. The van der Waals surface area contributed by atoms with Gasteiger partial charge in [-0.2, -0.15) is 0 Å². The number of nitrogens with one attached hydrogen (secondary N) is 1. The minimum Gasteiger partial charge on any atom is -0.364 e. The zero-order valence-corrected chi connectivity index (χ0v) is 8.98. The number of carbonyl (C=O) groups is 1. The number of carbonyl (C=O) groups excluding carboxylic acids is 1. The summed E-state index contributed by atoms with van der Waals surface area (Å²) in [4.78, 5) is 14.2. The topological polar surface area (TPSA) is 102 Å². The molecule has 1 aromatic rings. The third kappa shape index (κ3) is 2.28. The number of thiazole rings is 1. The average molecular weight is 235 g/mol. The first-order valence-corrected chi connectivity index (χ1v) is 6.08. The fourth-order valence-electron chi connectivity index (χ4n) is 0.746. The van der Waals surface area contributed by atoms with Gasteiger partial charge in [-0.15, -0.1) is 11.3 Å². The molecule has 0 aromatic carbocycles. The third-order valence-corrected chi connectivity index (χ3v) is 4.10. The van der Waals surface area contributed by atoms with Crippen LogP contribution in [0.4, 0.5) is 0 Å². The lowest BCUT2D eigenvalue weighted by Gasteiger charge is -1.98. The van der Waals surface area contributed by atoms with E-state index in [1.165, 1.54) is 5.38 Å². The summed E-state index contributed by atoms with van der Waals surface area (Å²) in [6, 6.07) is 0. The van der Waals surface area contributed by atoms with Gasteiger partial charge < -0.3 is 5.73 Å². The second kappa shape index (κ2) is 4.03. The summed E-state index contributed by atoms with van der Waals surface area (Å²) in [7, 11) is -3.57. The van der Waals surface area contributed by atoms with Crippen LogP contribution in [0.2, 0.25) is 0 Å². The van der Waals surface area contributed by atoms with Crippen LogP contribution in [0.15, 0.2) is 9.72 Å². The van der Waals surface area contributed by atoms with Crippen molar-refractivity contribution in [1.29, 1.82) is 0 Å². The number of sulfonamides is 1. The molecule has 1 aromatic heterocycles. The average Bonchev–Trinajstić information content (AvgIpc) is 2.51. The Bertz CT molecular complexity index is 437. The fraction of sp³-hybridized carbons (Fsp3) is 0.333. The van der Waals surface area contributed by atoms with Crippen LogP contribution < -0.4 is 10.5 Å². The largest absolute Gasteiger partial charge is 0.364 e. The molecule has 0 radical (unpaired) electrons. The van der Waals surface area contributed by atoms with E-state index >= 15 is 0 Å². The quantitative estimate of drug-likeness (QED) is 0.737. The Balaban J connectivity index is 3.03. The van der Waals surface area contributed by atoms with E-state index < -0.39 is 15.9 Å². The summed E-state index contributed by atoms with van der Waals surface area (Å²) in [5.74, 6) is -0.737. The molecule has 0 spiro atoms. The highest BCUT2D eigenvalue weighted by atomic mass is 32.2. The van der Waals surface area contributed by atoms with Crippen molar-refractivity contribution < 1.29 is 13.2 Å². The number of amides is 1. The van der Waals surface area contributed by atoms with Gasteiger partial charge >= 0.3 is 0 Å². The lowest BCUT2D eigenvalue weighted by molar-refractivity contribution is 0.0996. The maximum atomic E-state index is 11.4. The number of rotatable bonds is 4. The Morgan fingerprint density at radius 1 is 1.71 bits per heavy atom. The van der Waals surface area contributed by atoms with Gasteiger partial charge in [-0.25, -0.2) is 18.1 Å². The molecular formula is C6H9N3O3S2. The van der Waals surface area contributed by atoms with Crippen molar-refractivity contribution >= 4 is 27.3 Å². The lowest BCUT2D eigenvalue weighted by Crippen LogP contribution is -2.23. The zero-order chi connectivity index (χ0) is 10.8. The molecule has 8 heteroatoms. The van der Waals surface area contributed by atoms with Gasteiger partial charge in [0.25, 0.3) is 15.9 Å². The summed E-state index contributed by atoms with van der Waals surface area (Å²) in [5, 5.41) is 1.31. The maximum absolute atomic E-state index is 11.4. The lowest BCUT2D eigenvalue weighted by atomic mass is 10.5. The predicted molar refractivity (Wildman–Crippen MR) is 51.5 cm³/mol. The molecule has 78 valence electrons. The monoisotopic (exact) mass is 235 g/mol. The summed E-state index contributed by atoms with van der Waals surface area (Å²) in [5.41, 5.74) is 4.90. The molecule has 0 atom stereocenters. The number of nitrogens with zero attached hydrogens (tertiary/aromatic N) is 1. The van der Waals surface area contributed by atoms with Crippen LogP contribution in [0.1, 0.15) is 17.4 Å². The van der Waals surface area contributed by atoms with Crippen LogP contribution in [0.3, 0.4) is 0 Å². The molecular weight excluding hydrogens is 226 g/mol. The predicted octanol–water partition coefficient (Wildman–Crippen LogP) is -0.460. The first-order chi connectivity index (χ1) is 6.47. The molecule has 0 aliphatic carbocycles. The van der Waals surface area contributed by atoms with Crippen molar-refractivity contribution in [2.45, 2.75) is 11.3 Å². The smallest absolute Gasteiger partial charge is 0.268 e. The second-order valence-electron chi connectivity index (χ2n) is 2.36. The van der Waals surface area contributed by atoms with E-state index in [0.717, 1.165) is 11.3 Å². The molecule has 0 aliphatic rings. The van der Waals surface area contributed by atoms with Crippen molar-refractivity contribution in [3.63, 3.8) is 0 Å². The van der Waals surface area contributed by atoms with Gasteiger partial charge in [0, 0.05) is 11.9 Å². The minimum absolute atomic E-state index is 0.0357. The molecule has 0 aliphatic heterocycles. The van der Waals surface area contributed by atoms with Gasteiger partial charge in [-0.1, -0.05) is 6.92 Å². The van der Waals surface area contributed by atoms with Gasteiger partial charge in [0.05, 0.1) is 0 Å². The molecule has 1 amide bonds. The van der Waals surface area contributed by atoms with Crippen LogP contribution in [-0.4, -0.2) is 25.9 Å². The molecule has 3 N–H and O–H groups in total. The molecule has 0 unspecified atom stereocenters. The molecule has 1 rings (SSSR count).